The molecule has 6 nitrogen and oxygen atoms in total. The summed E-state index contributed by atoms with van der Waals surface area (Å²) in [5, 5.41) is 7.76. The van der Waals surface area contributed by atoms with Crippen LogP contribution < -0.4 is 0 Å². The van der Waals surface area contributed by atoms with Gasteiger partial charge in [0.05, 0.1) is 12.5 Å². The molecule has 0 saturated carbocycles. The molecule has 0 fully saturated rings. The Morgan fingerprint density at radius 3 is 2.65 bits per heavy atom. The van der Waals surface area contributed by atoms with E-state index in [2.05, 4.69) is 25.1 Å². The zero-order valence-electron chi connectivity index (χ0n) is 8.69. The van der Waals surface area contributed by atoms with Crippen LogP contribution in [0.3, 0.4) is 0 Å². The summed E-state index contributed by atoms with van der Waals surface area (Å²) in [6, 6.07) is 5.32. The van der Waals surface area contributed by atoms with E-state index < -0.39 is 0 Å². The van der Waals surface area contributed by atoms with E-state index in [1.807, 2.05) is 0 Å². The smallest absolute Gasteiger partial charge is 0.220 e. The molecular weight excluding hydrogens is 218 g/mol. The Balaban J connectivity index is 2.06. The zero-order chi connectivity index (χ0) is 11.5. The zero-order valence-corrected chi connectivity index (χ0v) is 8.69. The van der Waals surface area contributed by atoms with Gasteiger partial charge in [-0.3, -0.25) is 0 Å². The van der Waals surface area contributed by atoms with E-state index in [0.29, 0.717) is 23.1 Å². The van der Waals surface area contributed by atoms with Gasteiger partial charge in [-0.25, -0.2) is 15.0 Å². The van der Waals surface area contributed by atoms with Crippen molar-refractivity contribution in [3.8, 4) is 23.1 Å². The summed E-state index contributed by atoms with van der Waals surface area (Å²) in [6.07, 6.45) is 6.37. The summed E-state index contributed by atoms with van der Waals surface area (Å²) >= 11 is 0. The van der Waals surface area contributed by atoms with Gasteiger partial charge in [0.15, 0.2) is 11.6 Å². The fourth-order valence-electron chi connectivity index (χ4n) is 1.36. The molecule has 0 aliphatic heterocycles. The summed E-state index contributed by atoms with van der Waals surface area (Å²) in [4.78, 5) is 12.4. The number of furan rings is 1. The van der Waals surface area contributed by atoms with Crippen molar-refractivity contribution < 1.29 is 4.42 Å². The van der Waals surface area contributed by atoms with E-state index in [1.165, 1.54) is 6.20 Å². The van der Waals surface area contributed by atoms with Crippen molar-refractivity contribution in [1.82, 2.24) is 25.1 Å². The van der Waals surface area contributed by atoms with Gasteiger partial charge < -0.3 is 4.42 Å². The molecule has 3 aromatic rings. The van der Waals surface area contributed by atoms with E-state index >= 15 is 0 Å². The predicted octanol–water partition coefficient (Wildman–Crippen LogP) is 1.59. The van der Waals surface area contributed by atoms with E-state index in [-0.39, 0.29) is 0 Å². The van der Waals surface area contributed by atoms with Gasteiger partial charge in [-0.2, -0.15) is 5.10 Å². The molecule has 0 bridgehead atoms. The van der Waals surface area contributed by atoms with Crippen molar-refractivity contribution in [2.24, 2.45) is 0 Å². The molecule has 0 spiro atoms. The normalized spacial score (nSPS) is 10.4. The minimum Gasteiger partial charge on any atom is -0.463 e. The highest BCUT2D eigenvalue weighted by Crippen LogP contribution is 2.17. The summed E-state index contributed by atoms with van der Waals surface area (Å²) < 4.78 is 5.24. The van der Waals surface area contributed by atoms with Crippen LogP contribution in [0.5, 0.6) is 0 Å². The molecule has 82 valence electrons. The highest BCUT2D eigenvalue weighted by molar-refractivity contribution is 5.53. The third-order valence-electron chi connectivity index (χ3n) is 2.10. The van der Waals surface area contributed by atoms with Crippen molar-refractivity contribution in [2.45, 2.75) is 0 Å². The van der Waals surface area contributed by atoms with Crippen LogP contribution in [0.15, 0.2) is 47.5 Å². The molecule has 6 heteroatoms. The number of rotatable bonds is 2. The van der Waals surface area contributed by atoms with E-state index in [0.717, 1.165) is 0 Å². The average molecular weight is 225 g/mol. The molecule has 0 N–H and O–H groups in total. The quantitative estimate of drug-likeness (QED) is 0.659. The van der Waals surface area contributed by atoms with Gasteiger partial charge in [-0.1, -0.05) is 0 Å². The van der Waals surface area contributed by atoms with Crippen molar-refractivity contribution in [2.75, 3.05) is 0 Å². The van der Waals surface area contributed by atoms with Crippen LogP contribution in [-0.4, -0.2) is 25.1 Å². The van der Waals surface area contributed by atoms with Crippen molar-refractivity contribution in [3.05, 3.63) is 43.1 Å². The summed E-state index contributed by atoms with van der Waals surface area (Å²) in [6.45, 7) is 0. The van der Waals surface area contributed by atoms with Gasteiger partial charge in [0.2, 0.25) is 5.82 Å². The lowest BCUT2D eigenvalue weighted by molar-refractivity contribution is 0.579. The summed E-state index contributed by atoms with van der Waals surface area (Å²) in [5.41, 5.74) is 0.604. The monoisotopic (exact) mass is 225 g/mol. The maximum atomic E-state index is 5.24. The average Bonchev–Trinajstić information content (AvgIpc) is 2.94. The maximum absolute atomic E-state index is 5.24. The van der Waals surface area contributed by atoms with Gasteiger partial charge in [-0.15, -0.1) is 5.10 Å². The van der Waals surface area contributed by atoms with Crippen LogP contribution in [0.2, 0.25) is 0 Å². The van der Waals surface area contributed by atoms with Gasteiger partial charge in [0.25, 0.3) is 0 Å². The molecule has 0 radical (unpaired) electrons. The van der Waals surface area contributed by atoms with Gasteiger partial charge in [0, 0.05) is 12.4 Å². The molecule has 0 amide bonds. The third kappa shape index (κ3) is 1.87. The Morgan fingerprint density at radius 2 is 1.88 bits per heavy atom. The third-order valence-corrected chi connectivity index (χ3v) is 2.10. The second kappa shape index (κ2) is 4.09. The van der Waals surface area contributed by atoms with Gasteiger partial charge >= 0.3 is 0 Å². The Hall–Kier alpha value is -2.63. The number of hydrogen-bond acceptors (Lipinski definition) is 6. The minimum absolute atomic E-state index is 0.375. The van der Waals surface area contributed by atoms with Crippen LogP contribution in [-0.2, 0) is 0 Å². The molecule has 3 heterocycles. The van der Waals surface area contributed by atoms with Crippen LogP contribution >= 0.6 is 0 Å². The molecular formula is C11H7N5O. The molecule has 0 aromatic carbocycles. The Labute approximate surface area is 96.4 Å². The first kappa shape index (κ1) is 9.59. The highest BCUT2D eigenvalue weighted by Gasteiger charge is 2.08. The fraction of sp³-hybridized carbons (Fsp3) is 0. The minimum atomic E-state index is 0.375. The van der Waals surface area contributed by atoms with Crippen LogP contribution in [0, 0.1) is 0 Å². The number of aromatic nitrogens is 5. The fourth-order valence-corrected chi connectivity index (χ4v) is 1.36. The topological polar surface area (TPSA) is 77.6 Å². The molecule has 0 unspecified atom stereocenters. The standard InChI is InChI=1S/C11H7N5O/c1-3-9(17-6-1)8-7-14-16-11(15-8)10-12-4-2-5-13-10/h1-7H. The van der Waals surface area contributed by atoms with Crippen LogP contribution in [0.4, 0.5) is 0 Å². The lowest BCUT2D eigenvalue weighted by Gasteiger charge is -1.98. The Morgan fingerprint density at radius 1 is 1.00 bits per heavy atom. The van der Waals surface area contributed by atoms with Crippen molar-refractivity contribution in [1.29, 1.82) is 0 Å². The second-order valence-corrected chi connectivity index (χ2v) is 3.21. The summed E-state index contributed by atoms with van der Waals surface area (Å²) in [7, 11) is 0. The molecule has 0 saturated heterocycles. The van der Waals surface area contributed by atoms with E-state index in [9.17, 15) is 0 Å². The van der Waals surface area contributed by atoms with Gasteiger partial charge in [-0.05, 0) is 18.2 Å². The van der Waals surface area contributed by atoms with Crippen molar-refractivity contribution >= 4 is 0 Å². The lowest BCUT2D eigenvalue weighted by atomic mass is 10.3. The van der Waals surface area contributed by atoms with E-state index in [4.69, 9.17) is 4.42 Å². The molecule has 0 aliphatic carbocycles. The Bertz CT molecular complexity index is 609. The predicted molar refractivity (Wildman–Crippen MR) is 58.6 cm³/mol. The van der Waals surface area contributed by atoms with Crippen LogP contribution in [0.25, 0.3) is 23.1 Å². The highest BCUT2D eigenvalue weighted by atomic mass is 16.3. The van der Waals surface area contributed by atoms with Gasteiger partial charge in [0.1, 0.15) is 5.69 Å². The molecule has 3 rings (SSSR count). The number of nitrogens with zero attached hydrogens (tertiary/aromatic N) is 5. The second-order valence-electron chi connectivity index (χ2n) is 3.21. The largest absolute Gasteiger partial charge is 0.463 e. The molecule has 17 heavy (non-hydrogen) atoms. The van der Waals surface area contributed by atoms with E-state index in [1.54, 1.807) is 36.9 Å². The molecule has 3 aromatic heterocycles. The summed E-state index contributed by atoms with van der Waals surface area (Å²) in [5.74, 6) is 1.45. The molecule has 0 aliphatic rings. The first-order valence-electron chi connectivity index (χ1n) is 4.94. The lowest BCUT2D eigenvalue weighted by Crippen LogP contribution is -1.97. The molecule has 0 atom stereocenters. The Kier molecular flexibility index (Phi) is 2.31. The number of hydrogen-bond donors (Lipinski definition) is 0. The van der Waals surface area contributed by atoms with Crippen molar-refractivity contribution in [3.63, 3.8) is 0 Å². The SMILES string of the molecule is c1cnc(-c2nncc(-c3ccco3)n2)nc1. The first-order chi connectivity index (χ1) is 8.43. The maximum Gasteiger partial charge on any atom is 0.220 e. The first-order valence-corrected chi connectivity index (χ1v) is 4.94. The van der Waals surface area contributed by atoms with Crippen LogP contribution in [0.1, 0.15) is 0 Å².